The fourth-order valence-electron chi connectivity index (χ4n) is 5.82. The molecule has 4 aromatic rings. The molecule has 5 nitrogen and oxygen atoms in total. The molecular weight excluding hydrogens is 560 g/mol. The molecule has 42 heavy (non-hydrogen) atoms. The quantitative estimate of drug-likeness (QED) is 0.151. The van der Waals surface area contributed by atoms with Crippen LogP contribution >= 0.6 is 11.6 Å². The molecule has 3 aromatic carbocycles. The highest BCUT2D eigenvalue weighted by Gasteiger charge is 2.23. The van der Waals surface area contributed by atoms with Crippen molar-refractivity contribution in [2.24, 2.45) is 5.92 Å². The number of esters is 1. The number of methoxy groups -OCH3 is 1. The number of aromatic nitrogens is 1. The summed E-state index contributed by atoms with van der Waals surface area (Å²) in [6.07, 6.45) is 3.86. The number of hydrogen-bond acceptors (Lipinski definition) is 4. The van der Waals surface area contributed by atoms with E-state index in [9.17, 15) is 18.4 Å². The number of fused-ring (bicyclic) bond motifs is 1. The highest BCUT2D eigenvalue weighted by Crippen LogP contribution is 2.36. The van der Waals surface area contributed by atoms with Crippen LogP contribution in [0, 0.1) is 12.8 Å². The van der Waals surface area contributed by atoms with Crippen molar-refractivity contribution in [3.8, 4) is 11.5 Å². The number of rotatable bonds is 8. The van der Waals surface area contributed by atoms with Gasteiger partial charge in [0.15, 0.2) is 0 Å². The van der Waals surface area contributed by atoms with Gasteiger partial charge in [0.2, 0.25) is 0 Å². The highest BCUT2D eigenvalue weighted by molar-refractivity contribution is 6.30. The zero-order valence-corrected chi connectivity index (χ0v) is 24.3. The van der Waals surface area contributed by atoms with Crippen LogP contribution in [0.5, 0.6) is 11.5 Å². The first kappa shape index (κ1) is 29.5. The smallest absolute Gasteiger partial charge is 0.315 e. The first-order chi connectivity index (χ1) is 20.2. The van der Waals surface area contributed by atoms with E-state index in [0.29, 0.717) is 50.5 Å². The van der Waals surface area contributed by atoms with Crippen LogP contribution in [-0.2, 0) is 11.2 Å². The second-order valence-electron chi connectivity index (χ2n) is 10.7. The molecule has 5 rings (SSSR count). The van der Waals surface area contributed by atoms with Gasteiger partial charge < -0.3 is 9.47 Å². The summed E-state index contributed by atoms with van der Waals surface area (Å²) in [6.45, 7) is 1.78. The minimum absolute atomic E-state index is 0.0579. The monoisotopic (exact) mass is 591 g/mol. The predicted molar refractivity (Wildman–Crippen MR) is 161 cm³/mol. The summed E-state index contributed by atoms with van der Waals surface area (Å²) in [5, 5.41) is 1.21. The van der Waals surface area contributed by atoms with E-state index in [2.05, 4.69) is 0 Å². The van der Waals surface area contributed by atoms with E-state index >= 15 is 0 Å². The Morgan fingerprint density at radius 2 is 1.55 bits per heavy atom. The average molecular weight is 592 g/mol. The molecule has 1 heterocycles. The topological polar surface area (TPSA) is 57.5 Å². The molecule has 8 heteroatoms. The van der Waals surface area contributed by atoms with Crippen molar-refractivity contribution in [3.05, 3.63) is 100 Å². The zero-order valence-electron chi connectivity index (χ0n) is 23.6. The van der Waals surface area contributed by atoms with Gasteiger partial charge in [-0.25, -0.2) is 0 Å². The fraction of sp³-hybridized carbons (Fsp3) is 0.294. The van der Waals surface area contributed by atoms with E-state index in [1.165, 1.54) is 6.42 Å². The Morgan fingerprint density at radius 3 is 2.19 bits per heavy atom. The van der Waals surface area contributed by atoms with E-state index in [-0.39, 0.29) is 29.6 Å². The van der Waals surface area contributed by atoms with Crippen molar-refractivity contribution in [3.63, 3.8) is 0 Å². The first-order valence-electron chi connectivity index (χ1n) is 14.1. The van der Waals surface area contributed by atoms with Gasteiger partial charge in [-0.1, -0.05) is 55.8 Å². The summed E-state index contributed by atoms with van der Waals surface area (Å²) in [4.78, 5) is 26.6. The van der Waals surface area contributed by atoms with Crippen LogP contribution in [0.25, 0.3) is 16.5 Å². The maximum absolute atomic E-state index is 13.9. The van der Waals surface area contributed by atoms with Crippen molar-refractivity contribution in [2.45, 2.75) is 51.9 Å². The van der Waals surface area contributed by atoms with E-state index in [1.807, 2.05) is 0 Å². The minimum atomic E-state index is -1.67. The summed E-state index contributed by atoms with van der Waals surface area (Å²) in [7, 11) is 1.55. The van der Waals surface area contributed by atoms with Crippen LogP contribution in [0.2, 0.25) is 5.02 Å². The third-order valence-electron chi connectivity index (χ3n) is 8.04. The molecule has 0 atom stereocenters. The normalized spacial score (nSPS) is 13.6. The van der Waals surface area contributed by atoms with Crippen LogP contribution in [-0.4, -0.2) is 23.6 Å². The number of allylic oxidation sites excluding steroid dienone is 1. The number of carbonyl (C=O) groups excluding carboxylic acids is 2. The SMILES string of the molecule is COc1ccc2c(c1)c(CC(=O)Oc1ccc(C(CC3CCCCC3)=C(F)F)cc1)c(C)n2C(=O)c1ccc(Cl)cc1. The number of ether oxygens (including phenoxy) is 2. The summed E-state index contributed by atoms with van der Waals surface area (Å²) >= 11 is 6.01. The van der Waals surface area contributed by atoms with Gasteiger partial charge in [-0.3, -0.25) is 14.2 Å². The van der Waals surface area contributed by atoms with Crippen molar-refractivity contribution in [1.29, 1.82) is 0 Å². The van der Waals surface area contributed by atoms with Crippen LogP contribution < -0.4 is 9.47 Å². The Bertz CT molecular complexity index is 1630. The Balaban J connectivity index is 1.37. The highest BCUT2D eigenvalue weighted by atomic mass is 35.5. The van der Waals surface area contributed by atoms with Crippen molar-refractivity contribution >= 4 is 40.0 Å². The van der Waals surface area contributed by atoms with Crippen LogP contribution in [0.15, 0.2) is 72.8 Å². The standard InChI is InChI=1S/C34H32ClF2NO4/c1-21-28(30-19-27(41-2)16-17-31(30)38(21)34(40)24-8-12-25(35)13-9-24)20-32(39)42-26-14-10-23(11-15-26)29(33(36)37)18-22-6-4-3-5-7-22/h8-17,19,22H,3-7,18,20H2,1-2H3. The summed E-state index contributed by atoms with van der Waals surface area (Å²) < 4.78 is 40.3. The Hall–Kier alpha value is -3.97. The Morgan fingerprint density at radius 1 is 0.905 bits per heavy atom. The minimum Gasteiger partial charge on any atom is -0.497 e. The maximum Gasteiger partial charge on any atom is 0.315 e. The van der Waals surface area contributed by atoms with E-state index < -0.39 is 12.0 Å². The van der Waals surface area contributed by atoms with Gasteiger partial charge >= 0.3 is 5.97 Å². The van der Waals surface area contributed by atoms with Gasteiger partial charge in [-0.05, 0) is 85.0 Å². The number of halogens is 3. The van der Waals surface area contributed by atoms with Crippen molar-refractivity contribution in [1.82, 2.24) is 4.57 Å². The lowest BCUT2D eigenvalue weighted by Gasteiger charge is -2.22. The van der Waals surface area contributed by atoms with Crippen molar-refractivity contribution in [2.75, 3.05) is 7.11 Å². The first-order valence-corrected chi connectivity index (χ1v) is 14.5. The second-order valence-corrected chi connectivity index (χ2v) is 11.2. The van der Waals surface area contributed by atoms with Gasteiger partial charge in [0.1, 0.15) is 11.5 Å². The third-order valence-corrected chi connectivity index (χ3v) is 8.29. The fourth-order valence-corrected chi connectivity index (χ4v) is 5.94. The molecule has 1 fully saturated rings. The molecular formula is C34H32ClF2NO4. The van der Waals surface area contributed by atoms with Gasteiger partial charge in [0.05, 0.1) is 19.0 Å². The molecule has 0 radical (unpaired) electrons. The third kappa shape index (κ3) is 6.41. The van der Waals surface area contributed by atoms with Gasteiger partial charge in [-0.2, -0.15) is 8.78 Å². The maximum atomic E-state index is 13.9. The summed E-state index contributed by atoms with van der Waals surface area (Å²) in [6, 6.07) is 18.2. The van der Waals surface area contributed by atoms with Crippen LogP contribution in [0.3, 0.4) is 0 Å². The lowest BCUT2D eigenvalue weighted by atomic mass is 9.83. The second kappa shape index (κ2) is 12.9. The van der Waals surface area contributed by atoms with E-state index in [1.54, 1.807) is 85.3 Å². The number of benzene rings is 3. The van der Waals surface area contributed by atoms with Crippen LogP contribution in [0.4, 0.5) is 8.78 Å². The molecule has 1 aliphatic carbocycles. The molecule has 0 spiro atoms. The lowest BCUT2D eigenvalue weighted by molar-refractivity contribution is -0.133. The number of hydrogen-bond donors (Lipinski definition) is 0. The van der Waals surface area contributed by atoms with Gasteiger partial charge in [-0.15, -0.1) is 0 Å². The molecule has 0 aliphatic heterocycles. The molecule has 0 unspecified atom stereocenters. The number of carbonyl (C=O) groups is 2. The molecule has 1 aliphatic rings. The largest absolute Gasteiger partial charge is 0.497 e. The molecule has 0 saturated heterocycles. The summed E-state index contributed by atoms with van der Waals surface area (Å²) in [5.41, 5.74) is 2.80. The van der Waals surface area contributed by atoms with Gasteiger partial charge in [0.25, 0.3) is 12.0 Å². The average Bonchev–Trinajstić information content (AvgIpc) is 3.26. The van der Waals surface area contributed by atoms with Crippen molar-refractivity contribution < 1.29 is 27.8 Å². The molecule has 1 saturated carbocycles. The Kier molecular flexibility index (Phi) is 9.07. The molecule has 0 amide bonds. The number of nitrogens with zero attached hydrogens (tertiary/aromatic N) is 1. The van der Waals surface area contributed by atoms with Gasteiger partial charge in [0, 0.05) is 27.2 Å². The van der Waals surface area contributed by atoms with Crippen LogP contribution in [0.1, 0.15) is 65.7 Å². The van der Waals surface area contributed by atoms with E-state index in [0.717, 1.165) is 25.7 Å². The van der Waals surface area contributed by atoms with E-state index in [4.69, 9.17) is 21.1 Å². The Labute approximate surface area is 248 Å². The lowest BCUT2D eigenvalue weighted by Crippen LogP contribution is -2.15. The molecule has 0 bridgehead atoms. The predicted octanol–water partition coefficient (Wildman–Crippen LogP) is 9.03. The molecule has 0 N–H and O–H groups in total. The molecule has 1 aromatic heterocycles. The summed E-state index contributed by atoms with van der Waals surface area (Å²) in [5.74, 6) is 0.313. The molecule has 218 valence electrons. The zero-order chi connectivity index (χ0) is 29.8.